The van der Waals surface area contributed by atoms with E-state index < -0.39 is 32.6 Å². The Labute approximate surface area is 223 Å². The Morgan fingerprint density at radius 1 is 0.842 bits per heavy atom. The first-order valence-corrected chi connectivity index (χ1v) is 14.8. The SMILES string of the molecule is CC(C)(C)[Si](OC1CC(N2C(=O)c3ccccc3C2=O)CC1NC(=O)O)(c1ccccc1)c1ccccc1. The number of nitrogens with zero attached hydrogens (tertiary/aromatic N) is 1. The largest absolute Gasteiger partial charge is 0.465 e. The number of carbonyl (C=O) groups is 3. The normalized spacial score (nSPS) is 21.4. The molecule has 3 unspecified atom stereocenters. The summed E-state index contributed by atoms with van der Waals surface area (Å²) in [5, 5.41) is 14.2. The molecule has 3 aromatic carbocycles. The number of benzene rings is 3. The fourth-order valence-corrected chi connectivity index (χ4v) is 10.8. The van der Waals surface area contributed by atoms with Crippen LogP contribution in [-0.2, 0) is 4.43 Å². The van der Waals surface area contributed by atoms with Crippen LogP contribution in [0.15, 0.2) is 84.9 Å². The molecule has 1 aliphatic carbocycles. The summed E-state index contributed by atoms with van der Waals surface area (Å²) in [7, 11) is -3.00. The van der Waals surface area contributed by atoms with Gasteiger partial charge in [-0.1, -0.05) is 93.6 Å². The van der Waals surface area contributed by atoms with E-state index in [1.807, 2.05) is 36.4 Å². The van der Waals surface area contributed by atoms with E-state index in [4.69, 9.17) is 4.43 Å². The second-order valence-electron chi connectivity index (χ2n) is 11.0. The highest BCUT2D eigenvalue weighted by Gasteiger charge is 2.55. The van der Waals surface area contributed by atoms with Gasteiger partial charge in [0, 0.05) is 6.04 Å². The van der Waals surface area contributed by atoms with E-state index in [-0.39, 0.29) is 16.9 Å². The van der Waals surface area contributed by atoms with Crippen LogP contribution in [0.4, 0.5) is 4.79 Å². The molecule has 0 aromatic heterocycles. The molecule has 1 heterocycles. The molecule has 38 heavy (non-hydrogen) atoms. The maximum absolute atomic E-state index is 13.3. The zero-order valence-corrected chi connectivity index (χ0v) is 22.8. The van der Waals surface area contributed by atoms with Crippen molar-refractivity contribution in [3.8, 4) is 0 Å². The monoisotopic (exact) mass is 528 g/mol. The molecule has 1 saturated carbocycles. The van der Waals surface area contributed by atoms with Gasteiger partial charge in [-0.2, -0.15) is 0 Å². The minimum Gasteiger partial charge on any atom is -0.465 e. The zero-order valence-electron chi connectivity index (χ0n) is 21.8. The molecule has 2 N–H and O–H groups in total. The van der Waals surface area contributed by atoms with Gasteiger partial charge in [0.2, 0.25) is 0 Å². The summed E-state index contributed by atoms with van der Waals surface area (Å²) in [6.45, 7) is 6.49. The van der Waals surface area contributed by atoms with Gasteiger partial charge >= 0.3 is 6.09 Å². The first-order chi connectivity index (χ1) is 18.1. The highest BCUT2D eigenvalue weighted by atomic mass is 28.4. The lowest BCUT2D eigenvalue weighted by molar-refractivity contribution is 0.0577. The third-order valence-corrected chi connectivity index (χ3v) is 12.8. The van der Waals surface area contributed by atoms with Crippen LogP contribution in [0.2, 0.25) is 5.04 Å². The van der Waals surface area contributed by atoms with Gasteiger partial charge in [0.15, 0.2) is 0 Å². The van der Waals surface area contributed by atoms with Gasteiger partial charge in [-0.05, 0) is 40.4 Å². The molecule has 3 aromatic rings. The van der Waals surface area contributed by atoms with E-state index in [1.165, 1.54) is 4.90 Å². The number of carboxylic acid groups (broad SMARTS) is 1. The summed E-state index contributed by atoms with van der Waals surface area (Å²) in [6.07, 6.45) is -1.05. The summed E-state index contributed by atoms with van der Waals surface area (Å²) < 4.78 is 7.25. The summed E-state index contributed by atoms with van der Waals surface area (Å²) in [5.74, 6) is -0.674. The number of rotatable bonds is 6. The van der Waals surface area contributed by atoms with E-state index in [2.05, 4.69) is 50.4 Å². The van der Waals surface area contributed by atoms with Crippen molar-refractivity contribution >= 4 is 36.6 Å². The summed E-state index contributed by atoms with van der Waals surface area (Å²) in [6, 6.07) is 26.0. The predicted molar refractivity (Wildman–Crippen MR) is 147 cm³/mol. The lowest BCUT2D eigenvalue weighted by atomic mass is 10.1. The van der Waals surface area contributed by atoms with E-state index in [9.17, 15) is 19.5 Å². The van der Waals surface area contributed by atoms with Crippen molar-refractivity contribution in [2.45, 2.75) is 56.8 Å². The van der Waals surface area contributed by atoms with Crippen LogP contribution in [0, 0.1) is 0 Å². The molecule has 3 atom stereocenters. The summed E-state index contributed by atoms with van der Waals surface area (Å²) >= 11 is 0. The van der Waals surface area contributed by atoms with Crippen molar-refractivity contribution in [3.63, 3.8) is 0 Å². The predicted octanol–water partition coefficient (Wildman–Crippen LogP) is 4.03. The highest BCUT2D eigenvalue weighted by Crippen LogP contribution is 2.41. The highest BCUT2D eigenvalue weighted by molar-refractivity contribution is 6.99. The third kappa shape index (κ3) is 4.33. The molecular weight excluding hydrogens is 496 g/mol. The van der Waals surface area contributed by atoms with Crippen LogP contribution in [0.5, 0.6) is 0 Å². The number of carbonyl (C=O) groups excluding carboxylic acids is 2. The maximum atomic E-state index is 13.3. The topological polar surface area (TPSA) is 95.9 Å². The Hall–Kier alpha value is -3.75. The van der Waals surface area contributed by atoms with Gasteiger partial charge in [0.25, 0.3) is 20.1 Å². The second kappa shape index (κ2) is 9.85. The van der Waals surface area contributed by atoms with E-state index in [0.29, 0.717) is 24.0 Å². The first-order valence-electron chi connectivity index (χ1n) is 12.9. The molecule has 2 aliphatic rings. The van der Waals surface area contributed by atoms with Gasteiger partial charge in [-0.25, -0.2) is 4.79 Å². The standard InChI is InChI=1S/C30H32N2O5Si/c1-30(2,3)38(21-12-6-4-7-13-21,22-14-8-5-9-15-22)37-26-19-20(18-25(26)31-29(35)36)32-27(33)23-16-10-11-17-24(23)28(32)34/h4-17,20,25-26,31H,18-19H2,1-3H3,(H,35,36). The lowest BCUT2D eigenvalue weighted by Gasteiger charge is -2.45. The van der Waals surface area contributed by atoms with Crippen LogP contribution in [-0.4, -0.2) is 54.4 Å². The number of hydrogen-bond acceptors (Lipinski definition) is 4. The Kier molecular flexibility index (Phi) is 6.71. The van der Waals surface area contributed by atoms with Crippen molar-refractivity contribution in [2.75, 3.05) is 0 Å². The number of imide groups is 1. The van der Waals surface area contributed by atoms with Gasteiger partial charge < -0.3 is 14.8 Å². The maximum Gasteiger partial charge on any atom is 0.404 e. The van der Waals surface area contributed by atoms with Crippen molar-refractivity contribution < 1.29 is 23.9 Å². The van der Waals surface area contributed by atoms with Crippen LogP contribution >= 0.6 is 0 Å². The molecule has 7 nitrogen and oxygen atoms in total. The van der Waals surface area contributed by atoms with Crippen LogP contribution < -0.4 is 15.7 Å². The zero-order chi connectivity index (χ0) is 27.1. The van der Waals surface area contributed by atoms with Crippen molar-refractivity contribution in [1.82, 2.24) is 10.2 Å². The van der Waals surface area contributed by atoms with E-state index >= 15 is 0 Å². The van der Waals surface area contributed by atoms with Gasteiger partial charge in [0.05, 0.1) is 23.3 Å². The number of hydrogen-bond donors (Lipinski definition) is 2. The summed E-state index contributed by atoms with van der Waals surface area (Å²) in [5.41, 5.74) is 0.771. The Bertz CT molecular complexity index is 1280. The molecule has 3 amide bonds. The average Bonchev–Trinajstić information content (AvgIpc) is 3.39. The Morgan fingerprint density at radius 3 is 1.76 bits per heavy atom. The molecule has 0 bridgehead atoms. The fourth-order valence-electron chi connectivity index (χ4n) is 6.08. The minimum atomic E-state index is -3.00. The second-order valence-corrected chi connectivity index (χ2v) is 15.3. The van der Waals surface area contributed by atoms with E-state index in [1.54, 1.807) is 24.3 Å². The van der Waals surface area contributed by atoms with Crippen molar-refractivity contribution in [2.24, 2.45) is 0 Å². The molecule has 1 fully saturated rings. The Morgan fingerprint density at radius 2 is 1.32 bits per heavy atom. The molecule has 196 valence electrons. The van der Waals surface area contributed by atoms with Gasteiger partial charge in [-0.3, -0.25) is 14.5 Å². The van der Waals surface area contributed by atoms with Gasteiger partial charge in [0.1, 0.15) is 0 Å². The van der Waals surface area contributed by atoms with Crippen molar-refractivity contribution in [3.05, 3.63) is 96.1 Å². The van der Waals surface area contributed by atoms with E-state index in [0.717, 1.165) is 10.4 Å². The molecule has 1 aliphatic heterocycles. The number of fused-ring (bicyclic) bond motifs is 1. The quantitative estimate of drug-likeness (QED) is 0.372. The smallest absolute Gasteiger partial charge is 0.404 e. The van der Waals surface area contributed by atoms with Crippen LogP contribution in [0.1, 0.15) is 54.3 Å². The average molecular weight is 529 g/mol. The molecule has 8 heteroatoms. The molecule has 0 saturated heterocycles. The molecular formula is C30H32N2O5Si. The molecule has 0 spiro atoms. The van der Waals surface area contributed by atoms with Crippen LogP contribution in [0.25, 0.3) is 0 Å². The van der Waals surface area contributed by atoms with Crippen molar-refractivity contribution in [1.29, 1.82) is 0 Å². The summed E-state index contributed by atoms with van der Waals surface area (Å²) in [4.78, 5) is 39.6. The van der Waals surface area contributed by atoms with Gasteiger partial charge in [-0.15, -0.1) is 0 Å². The Balaban J connectivity index is 1.56. The minimum absolute atomic E-state index is 0.292. The number of amides is 3. The fraction of sp³-hybridized carbons (Fsp3) is 0.300. The molecule has 5 rings (SSSR count). The first kappa shape index (κ1) is 25.9. The lowest BCUT2D eigenvalue weighted by Crippen LogP contribution is -2.68. The number of nitrogens with one attached hydrogen (secondary N) is 1. The third-order valence-electron chi connectivity index (χ3n) is 7.72. The molecule has 0 radical (unpaired) electrons. The van der Waals surface area contributed by atoms with Crippen LogP contribution in [0.3, 0.4) is 0 Å².